The van der Waals surface area contributed by atoms with Gasteiger partial charge in [0.15, 0.2) is 11.2 Å². The third kappa shape index (κ3) is 15.4. The van der Waals surface area contributed by atoms with Crippen molar-refractivity contribution in [2.75, 3.05) is 0 Å². The fraction of sp³-hybridized carbons (Fsp3) is 0.198. The fourth-order valence-electron chi connectivity index (χ4n) is 15.4. The Balaban J connectivity index is 0.000000114. The van der Waals surface area contributed by atoms with Crippen molar-refractivity contribution in [3.63, 3.8) is 0 Å². The molecule has 0 saturated heterocycles. The van der Waals surface area contributed by atoms with Crippen LogP contribution in [0.15, 0.2) is 296 Å². The van der Waals surface area contributed by atoms with E-state index in [1.807, 2.05) is 55.5 Å². The molecule has 0 N–H and O–H groups in total. The van der Waals surface area contributed by atoms with Gasteiger partial charge in [-0.2, -0.15) is 0 Å². The van der Waals surface area contributed by atoms with Crippen LogP contribution in [0.4, 0.5) is 0 Å². The number of fused-ring (bicyclic) bond motifs is 15. The van der Waals surface area contributed by atoms with Crippen LogP contribution in [0, 0.1) is 34.6 Å². The predicted molar refractivity (Wildman–Crippen MR) is 486 cm³/mol. The molecular formula is C106H99N5O5. The lowest BCUT2D eigenvalue weighted by Crippen LogP contribution is -1.91. The fourth-order valence-corrected chi connectivity index (χ4v) is 15.4. The molecule has 0 aliphatic rings. The van der Waals surface area contributed by atoms with Gasteiger partial charge in [-0.25, -0.2) is 4.98 Å². The minimum Gasteiger partial charge on any atom is -0.455 e. The van der Waals surface area contributed by atoms with Crippen molar-refractivity contribution < 1.29 is 22.1 Å². The molecule has 0 aliphatic carbocycles. The summed E-state index contributed by atoms with van der Waals surface area (Å²) in [4.78, 5) is 22.5. The Labute approximate surface area is 679 Å². The summed E-state index contributed by atoms with van der Waals surface area (Å²) in [5.74, 6) is 2.02. The predicted octanol–water partition coefficient (Wildman–Crippen LogP) is 31.0. The second-order valence-corrected chi connectivity index (χ2v) is 32.0. The molecule has 10 aromatic carbocycles. The van der Waals surface area contributed by atoms with E-state index in [0.29, 0.717) is 35.3 Å². The number of aryl methyl sites for hydroxylation is 5. The van der Waals surface area contributed by atoms with Crippen LogP contribution in [0.3, 0.4) is 0 Å². The minimum absolute atomic E-state index is 0. The first-order valence-electron chi connectivity index (χ1n) is 40.1. The number of benzene rings is 10. The summed E-state index contributed by atoms with van der Waals surface area (Å²) in [5.41, 5.74) is 33.6. The third-order valence-corrected chi connectivity index (χ3v) is 22.0. The molecule has 10 heteroatoms. The molecule has 578 valence electrons. The van der Waals surface area contributed by atoms with Gasteiger partial charge in [0.1, 0.15) is 44.6 Å². The van der Waals surface area contributed by atoms with E-state index >= 15 is 0 Å². The van der Waals surface area contributed by atoms with Crippen LogP contribution in [0.5, 0.6) is 0 Å². The number of pyridine rings is 5. The third-order valence-electron chi connectivity index (χ3n) is 22.0. The van der Waals surface area contributed by atoms with Gasteiger partial charge in [-0.05, 0) is 133 Å². The van der Waals surface area contributed by atoms with Crippen LogP contribution in [-0.4, -0.2) is 24.9 Å². The Morgan fingerprint density at radius 1 is 0.241 bits per heavy atom. The van der Waals surface area contributed by atoms with E-state index in [4.69, 9.17) is 22.1 Å². The Bertz CT molecular complexity index is 6220. The van der Waals surface area contributed by atoms with Gasteiger partial charge in [0, 0.05) is 125 Å². The zero-order valence-electron chi connectivity index (χ0n) is 68.1. The SMILES string of the molecule is C.Cc1ccc(-c2cccc3c2oc2c(C(C)C)cncc23)cc1.Cc1ccc(-c2cccc3c2oc2c(C(C)C)nccc23)cc1.Cc1ccc(-c2cccc3c2oc2ncc(C(C)C)cc23)cc1.Cc1ccc(-c2ccnc3c2oc2c(C(C)C)cccc23)cc1.Cc1ccc(-c2cncc3c2oc2c(C(C)C)cccc23)cc1. The van der Waals surface area contributed by atoms with E-state index in [1.54, 1.807) is 0 Å². The summed E-state index contributed by atoms with van der Waals surface area (Å²) < 4.78 is 31.3. The lowest BCUT2D eigenvalue weighted by Gasteiger charge is -2.04. The van der Waals surface area contributed by atoms with E-state index in [0.717, 1.165) is 154 Å². The molecule has 0 aliphatic heterocycles. The van der Waals surface area contributed by atoms with Gasteiger partial charge >= 0.3 is 0 Å². The monoisotopic (exact) mass is 1520 g/mol. The number of para-hydroxylation sites is 5. The Kier molecular flexibility index (Phi) is 22.4. The van der Waals surface area contributed by atoms with Gasteiger partial charge in [0.05, 0.1) is 5.69 Å². The highest BCUT2D eigenvalue weighted by Crippen LogP contribution is 2.44. The van der Waals surface area contributed by atoms with Crippen LogP contribution < -0.4 is 0 Å². The Morgan fingerprint density at radius 2 is 0.595 bits per heavy atom. The molecule has 0 fully saturated rings. The van der Waals surface area contributed by atoms with Gasteiger partial charge in [0.2, 0.25) is 5.71 Å². The molecule has 0 amide bonds. The molecule has 10 nitrogen and oxygen atoms in total. The number of hydrogen-bond donors (Lipinski definition) is 0. The molecule has 0 bridgehead atoms. The first-order valence-corrected chi connectivity index (χ1v) is 40.1. The molecular weight excluding hydrogens is 1420 g/mol. The van der Waals surface area contributed by atoms with Gasteiger partial charge in [-0.1, -0.05) is 311 Å². The van der Waals surface area contributed by atoms with E-state index < -0.39 is 0 Å². The van der Waals surface area contributed by atoms with Crippen molar-refractivity contribution in [3.05, 3.63) is 330 Å². The first kappa shape index (κ1) is 78.2. The van der Waals surface area contributed by atoms with E-state index in [-0.39, 0.29) is 7.43 Å². The highest BCUT2D eigenvalue weighted by Gasteiger charge is 2.23. The van der Waals surface area contributed by atoms with E-state index in [1.165, 1.54) is 61.2 Å². The number of furan rings is 5. The number of hydrogen-bond acceptors (Lipinski definition) is 10. The average Bonchev–Trinajstić information content (AvgIpc) is 1.63. The molecule has 0 unspecified atom stereocenters. The molecule has 10 heterocycles. The van der Waals surface area contributed by atoms with Gasteiger partial charge in [-0.3, -0.25) is 19.9 Å². The van der Waals surface area contributed by atoms with Gasteiger partial charge < -0.3 is 22.1 Å². The van der Waals surface area contributed by atoms with Crippen molar-refractivity contribution in [1.82, 2.24) is 24.9 Å². The van der Waals surface area contributed by atoms with Crippen molar-refractivity contribution >= 4 is 110 Å². The highest BCUT2D eigenvalue weighted by atomic mass is 16.3. The lowest BCUT2D eigenvalue weighted by molar-refractivity contribution is 0.651. The van der Waals surface area contributed by atoms with Crippen molar-refractivity contribution in [3.8, 4) is 55.6 Å². The zero-order valence-corrected chi connectivity index (χ0v) is 68.1. The summed E-state index contributed by atoms with van der Waals surface area (Å²) in [5, 5.41) is 10.1. The van der Waals surface area contributed by atoms with Crippen LogP contribution >= 0.6 is 0 Å². The van der Waals surface area contributed by atoms with E-state index in [9.17, 15) is 0 Å². The largest absolute Gasteiger partial charge is 0.455 e. The Morgan fingerprint density at radius 3 is 1.07 bits per heavy atom. The molecule has 0 radical (unpaired) electrons. The molecule has 0 saturated carbocycles. The maximum atomic E-state index is 6.32. The van der Waals surface area contributed by atoms with Gasteiger partial charge in [0.25, 0.3) is 0 Å². The molecule has 20 rings (SSSR count). The standard InChI is InChI=1S/5C21H19NO.CH4/c1-13(2)16-11-19-18-6-4-5-17(15-9-7-14(3)8-10-15)20(18)23-21(19)22-12-16;1-13(2)18-11-22-12-19-17-6-4-5-16(20(17)23-21(18)19)15-9-7-14(3)8-10-15;1-13(2)16-5-4-6-17-19-12-22-11-18(21(19)23-20(16)17)15-9-7-14(3)8-10-15;1-13(2)19-21-18(11-12-22-19)17-6-4-5-16(20(17)23-21)15-9-7-14(3)8-10-15;1-13(2)16-5-4-6-18-19-21(23-20(16)18)17(11-12-22-19)15-9-7-14(3)8-10-15;/h5*4-13H,1-3H3;1H4. The molecule has 10 aromatic heterocycles. The maximum Gasteiger partial charge on any atom is 0.227 e. The summed E-state index contributed by atoms with van der Waals surface area (Å²) in [6.45, 7) is 32.3. The molecule has 116 heavy (non-hydrogen) atoms. The maximum absolute atomic E-state index is 6.32. The van der Waals surface area contributed by atoms with Crippen LogP contribution in [0.25, 0.3) is 166 Å². The summed E-state index contributed by atoms with van der Waals surface area (Å²) in [6, 6.07) is 80.7. The lowest BCUT2D eigenvalue weighted by atomic mass is 10.00. The minimum atomic E-state index is 0. The smallest absolute Gasteiger partial charge is 0.227 e. The topological polar surface area (TPSA) is 130 Å². The summed E-state index contributed by atoms with van der Waals surface area (Å²) in [7, 11) is 0. The number of nitrogens with zero attached hydrogens (tertiary/aromatic N) is 5. The van der Waals surface area contributed by atoms with Crippen LogP contribution in [0.1, 0.15) is 162 Å². The quantitative estimate of drug-likeness (QED) is 0.130. The summed E-state index contributed by atoms with van der Waals surface area (Å²) >= 11 is 0. The molecule has 0 spiro atoms. The number of aromatic nitrogens is 5. The Hall–Kier alpha value is -13.1. The number of rotatable bonds is 10. The average molecular weight is 1520 g/mol. The van der Waals surface area contributed by atoms with Crippen molar-refractivity contribution in [2.24, 2.45) is 0 Å². The normalized spacial score (nSPS) is 11.6. The van der Waals surface area contributed by atoms with Crippen LogP contribution in [-0.2, 0) is 0 Å². The van der Waals surface area contributed by atoms with Crippen molar-refractivity contribution in [1.29, 1.82) is 0 Å². The van der Waals surface area contributed by atoms with E-state index in [2.05, 4.69) is 347 Å². The highest BCUT2D eigenvalue weighted by molar-refractivity contribution is 6.14. The molecule has 0 atom stereocenters. The second-order valence-electron chi connectivity index (χ2n) is 32.0. The molecule has 20 aromatic rings. The van der Waals surface area contributed by atoms with Crippen LogP contribution in [0.2, 0.25) is 0 Å². The van der Waals surface area contributed by atoms with Gasteiger partial charge in [-0.15, -0.1) is 0 Å². The second kappa shape index (κ2) is 33.2. The van der Waals surface area contributed by atoms with Crippen molar-refractivity contribution in [2.45, 2.75) is 141 Å². The summed E-state index contributed by atoms with van der Waals surface area (Å²) in [6.07, 6.45) is 13.3. The zero-order chi connectivity index (χ0) is 79.9. The first-order chi connectivity index (χ1) is 55.7.